The molecule has 0 amide bonds. The molecule has 2 atom stereocenters. The number of hydrogen-bond acceptors (Lipinski definition) is 3. The SMILES string of the molecule is COC1CN(Cc2cc(N)ccc2Cl)CCC1C. The first-order valence-electron chi connectivity index (χ1n) is 6.39. The third-order valence-electron chi connectivity index (χ3n) is 3.74. The number of rotatable bonds is 3. The van der Waals surface area contributed by atoms with Crippen LogP contribution in [0.5, 0.6) is 0 Å². The van der Waals surface area contributed by atoms with Crippen LogP contribution in [0, 0.1) is 5.92 Å². The fourth-order valence-corrected chi connectivity index (χ4v) is 2.68. The van der Waals surface area contributed by atoms with Crippen molar-refractivity contribution in [2.24, 2.45) is 5.92 Å². The Labute approximate surface area is 114 Å². The van der Waals surface area contributed by atoms with Gasteiger partial charge in [0.15, 0.2) is 0 Å². The van der Waals surface area contributed by atoms with Gasteiger partial charge in [-0.3, -0.25) is 4.90 Å². The van der Waals surface area contributed by atoms with Crippen LogP contribution in [0.2, 0.25) is 5.02 Å². The zero-order chi connectivity index (χ0) is 13.1. The van der Waals surface area contributed by atoms with Gasteiger partial charge in [0.1, 0.15) is 0 Å². The van der Waals surface area contributed by atoms with E-state index < -0.39 is 0 Å². The Morgan fingerprint density at radius 3 is 3.00 bits per heavy atom. The van der Waals surface area contributed by atoms with E-state index in [9.17, 15) is 0 Å². The standard InChI is InChI=1S/C14H21ClN2O/c1-10-5-6-17(9-14(10)18-2)8-11-7-12(16)3-4-13(11)15/h3-4,7,10,14H,5-6,8-9,16H2,1-2H3. The summed E-state index contributed by atoms with van der Waals surface area (Å²) in [6.07, 6.45) is 1.48. The maximum atomic E-state index is 6.20. The average molecular weight is 269 g/mol. The lowest BCUT2D eigenvalue weighted by molar-refractivity contribution is -0.00743. The Morgan fingerprint density at radius 2 is 2.28 bits per heavy atom. The van der Waals surface area contributed by atoms with Crippen molar-refractivity contribution in [2.45, 2.75) is 26.0 Å². The lowest BCUT2D eigenvalue weighted by Gasteiger charge is -2.36. The normalized spacial score (nSPS) is 25.3. The van der Waals surface area contributed by atoms with E-state index >= 15 is 0 Å². The second-order valence-corrected chi connectivity index (χ2v) is 5.53. The monoisotopic (exact) mass is 268 g/mol. The number of anilines is 1. The predicted octanol–water partition coefficient (Wildman–Crippen LogP) is 2.78. The molecule has 1 saturated heterocycles. The molecule has 1 aromatic carbocycles. The summed E-state index contributed by atoms with van der Waals surface area (Å²) in [7, 11) is 1.79. The lowest BCUT2D eigenvalue weighted by Crippen LogP contribution is -2.43. The minimum absolute atomic E-state index is 0.318. The fraction of sp³-hybridized carbons (Fsp3) is 0.571. The molecule has 100 valence electrons. The third kappa shape index (κ3) is 3.16. The van der Waals surface area contributed by atoms with Gasteiger partial charge in [-0.1, -0.05) is 18.5 Å². The van der Waals surface area contributed by atoms with Crippen molar-refractivity contribution in [1.82, 2.24) is 4.90 Å². The minimum Gasteiger partial charge on any atom is -0.399 e. The van der Waals surface area contributed by atoms with E-state index in [2.05, 4.69) is 11.8 Å². The summed E-state index contributed by atoms with van der Waals surface area (Å²) < 4.78 is 5.53. The molecule has 2 unspecified atom stereocenters. The maximum Gasteiger partial charge on any atom is 0.0724 e. The van der Waals surface area contributed by atoms with Gasteiger partial charge in [0.25, 0.3) is 0 Å². The van der Waals surface area contributed by atoms with Gasteiger partial charge in [-0.15, -0.1) is 0 Å². The molecule has 1 aliphatic rings. The van der Waals surface area contributed by atoms with Gasteiger partial charge in [0.2, 0.25) is 0 Å². The van der Waals surface area contributed by atoms with Crippen molar-refractivity contribution in [3.05, 3.63) is 28.8 Å². The molecule has 1 heterocycles. The number of piperidine rings is 1. The minimum atomic E-state index is 0.318. The van der Waals surface area contributed by atoms with Crippen LogP contribution in [0.4, 0.5) is 5.69 Å². The summed E-state index contributed by atoms with van der Waals surface area (Å²) in [5.74, 6) is 0.627. The molecule has 1 aliphatic heterocycles. The molecular formula is C14H21ClN2O. The number of halogens is 1. The quantitative estimate of drug-likeness (QED) is 0.857. The Morgan fingerprint density at radius 1 is 1.50 bits per heavy atom. The highest BCUT2D eigenvalue weighted by molar-refractivity contribution is 6.31. The van der Waals surface area contributed by atoms with E-state index in [4.69, 9.17) is 22.1 Å². The largest absolute Gasteiger partial charge is 0.399 e. The maximum absolute atomic E-state index is 6.20. The van der Waals surface area contributed by atoms with Gasteiger partial charge < -0.3 is 10.5 Å². The molecule has 0 spiro atoms. The van der Waals surface area contributed by atoms with E-state index in [0.717, 1.165) is 35.9 Å². The molecule has 0 aliphatic carbocycles. The number of benzene rings is 1. The molecule has 0 saturated carbocycles. The van der Waals surface area contributed by atoms with Crippen LogP contribution in [-0.2, 0) is 11.3 Å². The van der Waals surface area contributed by atoms with Crippen LogP contribution in [0.15, 0.2) is 18.2 Å². The number of ether oxygens (including phenoxy) is 1. The van der Waals surface area contributed by atoms with Gasteiger partial charge in [-0.05, 0) is 42.6 Å². The lowest BCUT2D eigenvalue weighted by atomic mass is 9.95. The topological polar surface area (TPSA) is 38.5 Å². The highest BCUT2D eigenvalue weighted by Crippen LogP contribution is 2.24. The molecule has 0 radical (unpaired) electrons. The van der Waals surface area contributed by atoms with Crippen molar-refractivity contribution >= 4 is 17.3 Å². The first-order chi connectivity index (χ1) is 8.60. The zero-order valence-electron chi connectivity index (χ0n) is 11.0. The van der Waals surface area contributed by atoms with E-state index in [0.29, 0.717) is 12.0 Å². The predicted molar refractivity (Wildman–Crippen MR) is 75.7 cm³/mol. The summed E-state index contributed by atoms with van der Waals surface area (Å²) in [6, 6.07) is 5.66. The molecule has 3 nitrogen and oxygen atoms in total. The summed E-state index contributed by atoms with van der Waals surface area (Å²) in [5.41, 5.74) is 7.67. The fourth-order valence-electron chi connectivity index (χ4n) is 2.51. The number of likely N-dealkylation sites (tertiary alicyclic amines) is 1. The number of nitrogens with two attached hydrogens (primary N) is 1. The van der Waals surface area contributed by atoms with Gasteiger partial charge in [-0.2, -0.15) is 0 Å². The van der Waals surface area contributed by atoms with Crippen molar-refractivity contribution in [3.63, 3.8) is 0 Å². The molecule has 1 aromatic rings. The number of nitrogens with zero attached hydrogens (tertiary/aromatic N) is 1. The molecule has 0 bridgehead atoms. The zero-order valence-corrected chi connectivity index (χ0v) is 11.8. The van der Waals surface area contributed by atoms with Gasteiger partial charge in [0, 0.05) is 30.9 Å². The van der Waals surface area contributed by atoms with Gasteiger partial charge >= 0.3 is 0 Å². The van der Waals surface area contributed by atoms with Gasteiger partial charge in [-0.25, -0.2) is 0 Å². The van der Waals surface area contributed by atoms with Gasteiger partial charge in [0.05, 0.1) is 6.10 Å². The highest BCUT2D eigenvalue weighted by Gasteiger charge is 2.26. The van der Waals surface area contributed by atoms with Crippen molar-refractivity contribution in [1.29, 1.82) is 0 Å². The summed E-state index contributed by atoms with van der Waals surface area (Å²) in [4.78, 5) is 2.38. The molecule has 18 heavy (non-hydrogen) atoms. The Bertz CT molecular complexity index is 411. The molecule has 2 N–H and O–H groups in total. The van der Waals surface area contributed by atoms with Crippen molar-refractivity contribution in [2.75, 3.05) is 25.9 Å². The number of hydrogen-bond donors (Lipinski definition) is 1. The van der Waals surface area contributed by atoms with E-state index in [-0.39, 0.29) is 0 Å². The Hall–Kier alpha value is -0.770. The average Bonchev–Trinajstić information content (AvgIpc) is 2.36. The third-order valence-corrected chi connectivity index (χ3v) is 4.11. The van der Waals surface area contributed by atoms with Crippen LogP contribution < -0.4 is 5.73 Å². The number of methoxy groups -OCH3 is 1. The summed E-state index contributed by atoms with van der Waals surface area (Å²) in [5, 5.41) is 0.789. The highest BCUT2D eigenvalue weighted by atomic mass is 35.5. The van der Waals surface area contributed by atoms with E-state index in [1.807, 2.05) is 18.2 Å². The van der Waals surface area contributed by atoms with Crippen LogP contribution in [-0.4, -0.2) is 31.2 Å². The molecule has 0 aromatic heterocycles. The second-order valence-electron chi connectivity index (χ2n) is 5.13. The summed E-state index contributed by atoms with van der Waals surface area (Å²) >= 11 is 6.20. The molecule has 4 heteroatoms. The van der Waals surface area contributed by atoms with Crippen molar-refractivity contribution < 1.29 is 4.74 Å². The van der Waals surface area contributed by atoms with E-state index in [1.54, 1.807) is 7.11 Å². The first-order valence-corrected chi connectivity index (χ1v) is 6.77. The molecule has 2 rings (SSSR count). The van der Waals surface area contributed by atoms with Crippen molar-refractivity contribution in [3.8, 4) is 0 Å². The van der Waals surface area contributed by atoms with E-state index in [1.165, 1.54) is 6.42 Å². The van der Waals surface area contributed by atoms with Crippen LogP contribution in [0.25, 0.3) is 0 Å². The number of nitrogen functional groups attached to an aromatic ring is 1. The molecule has 1 fully saturated rings. The summed E-state index contributed by atoms with van der Waals surface area (Å²) in [6.45, 7) is 5.14. The van der Waals surface area contributed by atoms with Crippen LogP contribution in [0.1, 0.15) is 18.9 Å². The smallest absolute Gasteiger partial charge is 0.0724 e. The molecular weight excluding hydrogens is 248 g/mol. The van der Waals surface area contributed by atoms with Crippen LogP contribution >= 0.6 is 11.6 Å². The Balaban J connectivity index is 2.03. The first kappa shape index (κ1) is 13.7. The van der Waals surface area contributed by atoms with Crippen LogP contribution in [0.3, 0.4) is 0 Å². The Kier molecular flexibility index (Phi) is 4.49. The second kappa shape index (κ2) is 5.91.